The third kappa shape index (κ3) is 5.04. The van der Waals surface area contributed by atoms with Gasteiger partial charge in [-0.2, -0.15) is 13.2 Å². The number of hydrogen-bond donors (Lipinski definition) is 1. The number of rotatable bonds is 7. The summed E-state index contributed by atoms with van der Waals surface area (Å²) < 4.78 is 43.6. The average molecular weight is 289 g/mol. The van der Waals surface area contributed by atoms with Crippen LogP contribution < -0.4 is 10.5 Å². The topological polar surface area (TPSA) is 35.2 Å². The second kappa shape index (κ2) is 7.53. The minimum absolute atomic E-state index is 0.108. The molecule has 0 spiro atoms. The van der Waals surface area contributed by atoms with E-state index in [9.17, 15) is 13.2 Å². The molecule has 0 fully saturated rings. The lowest BCUT2D eigenvalue weighted by Crippen LogP contribution is -2.18. The lowest BCUT2D eigenvalue weighted by Gasteiger charge is -2.14. The summed E-state index contributed by atoms with van der Waals surface area (Å²) in [6.07, 6.45) is -1.33. The molecule has 0 bridgehead atoms. The van der Waals surface area contributed by atoms with Crippen LogP contribution in [0, 0.1) is 0 Å². The fourth-order valence-corrected chi connectivity index (χ4v) is 2.01. The smallest absolute Gasteiger partial charge is 0.416 e. The predicted molar refractivity (Wildman–Crippen MR) is 73.8 cm³/mol. The third-order valence-corrected chi connectivity index (χ3v) is 3.23. The molecule has 0 saturated carbocycles. The van der Waals surface area contributed by atoms with Crippen molar-refractivity contribution in [3.05, 3.63) is 29.3 Å². The van der Waals surface area contributed by atoms with Gasteiger partial charge >= 0.3 is 6.18 Å². The van der Waals surface area contributed by atoms with E-state index in [0.29, 0.717) is 24.3 Å². The fourth-order valence-electron chi connectivity index (χ4n) is 2.01. The highest BCUT2D eigenvalue weighted by Gasteiger charge is 2.31. The Kier molecular flexibility index (Phi) is 6.33. The van der Waals surface area contributed by atoms with Crippen LogP contribution in [0.1, 0.15) is 44.2 Å². The van der Waals surface area contributed by atoms with Crippen LogP contribution in [-0.4, -0.2) is 12.6 Å². The molecule has 1 aromatic rings. The van der Waals surface area contributed by atoms with E-state index in [1.807, 2.05) is 13.8 Å². The normalized spacial score (nSPS) is 13.3. The number of halogens is 3. The van der Waals surface area contributed by atoms with Gasteiger partial charge < -0.3 is 10.5 Å². The second-order valence-corrected chi connectivity index (χ2v) is 4.81. The SMILES string of the molecule is CCOc1ccc(C(F)(F)F)cc1CCCC(N)CC. The van der Waals surface area contributed by atoms with Crippen LogP contribution in [0.5, 0.6) is 5.75 Å². The fraction of sp³-hybridized carbons (Fsp3) is 0.600. The molecule has 0 aliphatic heterocycles. The lowest BCUT2D eigenvalue weighted by atomic mass is 10.0. The molecular formula is C15H22F3NO. The summed E-state index contributed by atoms with van der Waals surface area (Å²) >= 11 is 0. The quantitative estimate of drug-likeness (QED) is 0.818. The van der Waals surface area contributed by atoms with E-state index in [0.717, 1.165) is 25.3 Å². The first-order valence-corrected chi connectivity index (χ1v) is 6.97. The number of aryl methyl sites for hydroxylation is 1. The molecule has 1 unspecified atom stereocenters. The van der Waals surface area contributed by atoms with Crippen LogP contribution in [0.15, 0.2) is 18.2 Å². The second-order valence-electron chi connectivity index (χ2n) is 4.81. The summed E-state index contributed by atoms with van der Waals surface area (Å²) in [5.41, 5.74) is 5.79. The van der Waals surface area contributed by atoms with Gasteiger partial charge in [0.15, 0.2) is 0 Å². The van der Waals surface area contributed by atoms with Crippen molar-refractivity contribution in [2.45, 2.75) is 51.7 Å². The van der Waals surface area contributed by atoms with Gasteiger partial charge in [0.25, 0.3) is 0 Å². The van der Waals surface area contributed by atoms with E-state index in [-0.39, 0.29) is 6.04 Å². The van der Waals surface area contributed by atoms with Gasteiger partial charge in [0.2, 0.25) is 0 Å². The summed E-state index contributed by atoms with van der Waals surface area (Å²) in [6, 6.07) is 3.76. The molecule has 1 atom stereocenters. The number of alkyl halides is 3. The molecule has 0 aliphatic carbocycles. The summed E-state index contributed by atoms with van der Waals surface area (Å²) in [5.74, 6) is 0.533. The molecule has 0 radical (unpaired) electrons. The van der Waals surface area contributed by atoms with E-state index < -0.39 is 11.7 Å². The molecule has 0 aliphatic rings. The Morgan fingerprint density at radius 2 is 1.95 bits per heavy atom. The Hall–Kier alpha value is -1.23. The van der Waals surface area contributed by atoms with Gasteiger partial charge in [-0.05, 0) is 56.4 Å². The Balaban J connectivity index is 2.83. The van der Waals surface area contributed by atoms with Crippen molar-refractivity contribution in [2.75, 3.05) is 6.61 Å². The molecule has 114 valence electrons. The van der Waals surface area contributed by atoms with Crippen LogP contribution in [-0.2, 0) is 12.6 Å². The molecule has 2 N–H and O–H groups in total. The zero-order valence-corrected chi connectivity index (χ0v) is 12.0. The highest BCUT2D eigenvalue weighted by atomic mass is 19.4. The zero-order chi connectivity index (χ0) is 15.2. The van der Waals surface area contributed by atoms with Crippen LogP contribution in [0.25, 0.3) is 0 Å². The van der Waals surface area contributed by atoms with Gasteiger partial charge in [-0.15, -0.1) is 0 Å². The number of hydrogen-bond acceptors (Lipinski definition) is 2. The standard InChI is InChI=1S/C15H22F3NO/c1-3-13(19)7-5-6-11-10-12(15(16,17)18)8-9-14(11)20-4-2/h8-10,13H,3-7,19H2,1-2H3. The van der Waals surface area contributed by atoms with Gasteiger partial charge in [0.1, 0.15) is 5.75 Å². The van der Waals surface area contributed by atoms with Crippen LogP contribution in [0.4, 0.5) is 13.2 Å². The van der Waals surface area contributed by atoms with Crippen molar-refractivity contribution >= 4 is 0 Å². The molecule has 1 aromatic carbocycles. The first-order chi connectivity index (χ1) is 9.38. The molecule has 5 heteroatoms. The molecule has 0 saturated heterocycles. The predicted octanol–water partition coefficient (Wildman–Crippen LogP) is 4.16. The average Bonchev–Trinajstić information content (AvgIpc) is 2.39. The largest absolute Gasteiger partial charge is 0.494 e. The Bertz CT molecular complexity index is 418. The minimum atomic E-state index is -4.32. The first kappa shape index (κ1) is 16.8. The Labute approximate surface area is 118 Å². The summed E-state index contributed by atoms with van der Waals surface area (Å²) in [7, 11) is 0. The minimum Gasteiger partial charge on any atom is -0.494 e. The van der Waals surface area contributed by atoms with Crippen molar-refractivity contribution in [3.63, 3.8) is 0 Å². The van der Waals surface area contributed by atoms with E-state index in [1.165, 1.54) is 12.1 Å². The van der Waals surface area contributed by atoms with Gasteiger partial charge in [0, 0.05) is 6.04 Å². The molecule has 20 heavy (non-hydrogen) atoms. The van der Waals surface area contributed by atoms with Gasteiger partial charge in [-0.3, -0.25) is 0 Å². The molecule has 1 rings (SSSR count). The number of ether oxygens (including phenoxy) is 1. The highest BCUT2D eigenvalue weighted by Crippen LogP contribution is 2.33. The maximum Gasteiger partial charge on any atom is 0.416 e. The van der Waals surface area contributed by atoms with Gasteiger partial charge in [0.05, 0.1) is 12.2 Å². The van der Waals surface area contributed by atoms with E-state index in [1.54, 1.807) is 0 Å². The zero-order valence-electron chi connectivity index (χ0n) is 12.0. The molecule has 0 heterocycles. The monoisotopic (exact) mass is 289 g/mol. The molecule has 0 amide bonds. The first-order valence-electron chi connectivity index (χ1n) is 6.97. The Morgan fingerprint density at radius 3 is 2.50 bits per heavy atom. The van der Waals surface area contributed by atoms with Crippen molar-refractivity contribution in [1.29, 1.82) is 0 Å². The summed E-state index contributed by atoms with van der Waals surface area (Å²) in [6.45, 7) is 4.25. The van der Waals surface area contributed by atoms with E-state index >= 15 is 0 Å². The maximum atomic E-state index is 12.7. The summed E-state index contributed by atoms with van der Waals surface area (Å²) in [4.78, 5) is 0. The molecule has 0 aromatic heterocycles. The van der Waals surface area contributed by atoms with Crippen molar-refractivity contribution in [3.8, 4) is 5.75 Å². The number of nitrogens with two attached hydrogens (primary N) is 1. The third-order valence-electron chi connectivity index (χ3n) is 3.23. The molecular weight excluding hydrogens is 267 g/mol. The van der Waals surface area contributed by atoms with Crippen molar-refractivity contribution < 1.29 is 17.9 Å². The van der Waals surface area contributed by atoms with E-state index in [4.69, 9.17) is 10.5 Å². The van der Waals surface area contributed by atoms with Crippen LogP contribution >= 0.6 is 0 Å². The van der Waals surface area contributed by atoms with Crippen LogP contribution in [0.2, 0.25) is 0 Å². The summed E-state index contributed by atoms with van der Waals surface area (Å²) in [5, 5.41) is 0. The van der Waals surface area contributed by atoms with Gasteiger partial charge in [-0.25, -0.2) is 0 Å². The number of benzene rings is 1. The van der Waals surface area contributed by atoms with Gasteiger partial charge in [-0.1, -0.05) is 6.92 Å². The highest BCUT2D eigenvalue weighted by molar-refractivity contribution is 5.38. The van der Waals surface area contributed by atoms with Crippen LogP contribution in [0.3, 0.4) is 0 Å². The lowest BCUT2D eigenvalue weighted by molar-refractivity contribution is -0.137. The van der Waals surface area contributed by atoms with E-state index in [2.05, 4.69) is 0 Å². The molecule has 2 nitrogen and oxygen atoms in total. The van der Waals surface area contributed by atoms with Crippen molar-refractivity contribution in [1.82, 2.24) is 0 Å². The maximum absolute atomic E-state index is 12.7. The van der Waals surface area contributed by atoms with Crippen molar-refractivity contribution in [2.24, 2.45) is 5.73 Å². The Morgan fingerprint density at radius 1 is 1.25 bits per heavy atom.